The molecule has 0 atom stereocenters. The maximum atomic E-state index is 13.6. The van der Waals surface area contributed by atoms with Gasteiger partial charge in [0, 0.05) is 38.3 Å². The van der Waals surface area contributed by atoms with Crippen LogP contribution in [-0.4, -0.2) is 62.3 Å². The molecule has 1 aliphatic heterocycles. The van der Waals surface area contributed by atoms with Gasteiger partial charge >= 0.3 is 6.18 Å². The van der Waals surface area contributed by atoms with Gasteiger partial charge in [-0.2, -0.15) is 13.2 Å². The number of anilines is 1. The molecule has 1 amide bonds. The normalized spacial score (nSPS) is 14.0. The summed E-state index contributed by atoms with van der Waals surface area (Å²) in [5.74, 6) is -0.251. The Bertz CT molecular complexity index is 1190. The summed E-state index contributed by atoms with van der Waals surface area (Å²) < 4.78 is 42.9. The number of hydrogen-bond donors (Lipinski definition) is 1. The molecule has 8 nitrogen and oxygen atoms in total. The first-order chi connectivity index (χ1) is 15.1. The minimum absolute atomic E-state index is 0.105. The van der Waals surface area contributed by atoms with Crippen LogP contribution in [0.2, 0.25) is 0 Å². The number of carbonyl (C=O) groups is 1. The predicted octanol–water partition coefficient (Wildman–Crippen LogP) is 2.78. The first-order valence-electron chi connectivity index (χ1n) is 9.71. The fourth-order valence-corrected chi connectivity index (χ4v) is 4.32. The molecule has 170 valence electrons. The molecule has 2 aromatic heterocycles. The van der Waals surface area contributed by atoms with Gasteiger partial charge in [-0.3, -0.25) is 4.79 Å². The number of alkyl halides is 3. The quantitative estimate of drug-likeness (QED) is 0.592. The number of benzene rings is 1. The van der Waals surface area contributed by atoms with E-state index in [-0.39, 0.29) is 19.1 Å². The smallest absolute Gasteiger partial charge is 0.392 e. The summed E-state index contributed by atoms with van der Waals surface area (Å²) in [5.41, 5.74) is 0.559. The van der Waals surface area contributed by atoms with Gasteiger partial charge in [-0.15, -0.1) is 11.8 Å². The molecule has 0 spiro atoms. The summed E-state index contributed by atoms with van der Waals surface area (Å²) in [6, 6.07) is 3.80. The van der Waals surface area contributed by atoms with Crippen LogP contribution < -0.4 is 4.90 Å². The molecule has 0 radical (unpaired) electrons. The lowest BCUT2D eigenvalue weighted by Crippen LogP contribution is -2.36. The lowest BCUT2D eigenvalue weighted by molar-refractivity contribution is -0.141. The van der Waals surface area contributed by atoms with Crippen molar-refractivity contribution in [3.63, 3.8) is 0 Å². The number of aliphatic hydroxyl groups excluding tert-OH is 1. The Hall–Kier alpha value is -2.86. The van der Waals surface area contributed by atoms with E-state index in [4.69, 9.17) is 0 Å². The van der Waals surface area contributed by atoms with Crippen LogP contribution in [0, 0.1) is 0 Å². The van der Waals surface area contributed by atoms with Crippen molar-refractivity contribution < 1.29 is 23.1 Å². The third-order valence-electron chi connectivity index (χ3n) is 5.29. The van der Waals surface area contributed by atoms with Crippen LogP contribution in [0.3, 0.4) is 0 Å². The summed E-state index contributed by atoms with van der Waals surface area (Å²) in [6.07, 6.45) is -1.93. The molecule has 0 aliphatic carbocycles. The van der Waals surface area contributed by atoms with E-state index in [1.807, 2.05) is 23.0 Å². The maximum absolute atomic E-state index is 13.6. The Balaban J connectivity index is 1.71. The minimum atomic E-state index is -4.80. The van der Waals surface area contributed by atoms with Crippen molar-refractivity contribution >= 4 is 34.7 Å². The van der Waals surface area contributed by atoms with E-state index in [9.17, 15) is 23.1 Å². The van der Waals surface area contributed by atoms with Crippen molar-refractivity contribution in [1.29, 1.82) is 0 Å². The molecule has 0 unspecified atom stereocenters. The third-order valence-corrected chi connectivity index (χ3v) is 6.11. The lowest BCUT2D eigenvalue weighted by atomic mass is 10.2. The van der Waals surface area contributed by atoms with E-state index in [2.05, 4.69) is 15.0 Å². The van der Waals surface area contributed by atoms with Gasteiger partial charge in [0.05, 0.1) is 29.7 Å². The molecule has 1 N–H and O–H groups in total. The number of fused-ring (bicyclic) bond motifs is 3. The van der Waals surface area contributed by atoms with Gasteiger partial charge in [-0.1, -0.05) is 0 Å². The number of thioether (sulfide) groups is 1. The first kappa shape index (κ1) is 22.3. The Kier molecular flexibility index (Phi) is 5.76. The molecule has 3 heterocycles. The number of aliphatic hydroxyl groups is 1. The van der Waals surface area contributed by atoms with E-state index >= 15 is 0 Å². The average molecular weight is 466 g/mol. The molecular formula is C20H21F3N6O2S. The molecule has 0 saturated carbocycles. The Morgan fingerprint density at radius 2 is 2.00 bits per heavy atom. The lowest BCUT2D eigenvalue weighted by Gasteiger charge is -2.28. The molecule has 12 heteroatoms. The van der Waals surface area contributed by atoms with Crippen LogP contribution in [0.15, 0.2) is 23.2 Å². The molecule has 1 aromatic carbocycles. The fourth-order valence-electron chi connectivity index (χ4n) is 3.71. The SMILES string of the molecule is CSc1cc2c(cc1CO)nc1n2CCN(c2ncc(C(=O)N(C)C)c(C(F)(F)F)n2)C1. The van der Waals surface area contributed by atoms with Gasteiger partial charge in [0.1, 0.15) is 5.82 Å². The van der Waals surface area contributed by atoms with E-state index in [1.165, 1.54) is 25.9 Å². The average Bonchev–Trinajstić information content (AvgIpc) is 3.12. The van der Waals surface area contributed by atoms with Gasteiger partial charge < -0.3 is 19.5 Å². The summed E-state index contributed by atoms with van der Waals surface area (Å²) in [7, 11) is 2.74. The summed E-state index contributed by atoms with van der Waals surface area (Å²) in [6.45, 7) is 0.983. The second-order valence-corrected chi connectivity index (χ2v) is 8.39. The van der Waals surface area contributed by atoms with Crippen molar-refractivity contribution in [3.8, 4) is 0 Å². The molecule has 4 rings (SSSR count). The van der Waals surface area contributed by atoms with Crippen molar-refractivity contribution in [1.82, 2.24) is 24.4 Å². The van der Waals surface area contributed by atoms with Gasteiger partial charge in [0.25, 0.3) is 5.91 Å². The van der Waals surface area contributed by atoms with Crippen LogP contribution in [-0.2, 0) is 25.9 Å². The van der Waals surface area contributed by atoms with E-state index in [1.54, 1.807) is 4.90 Å². The van der Waals surface area contributed by atoms with Crippen LogP contribution in [0.4, 0.5) is 19.1 Å². The van der Waals surface area contributed by atoms with Crippen LogP contribution >= 0.6 is 11.8 Å². The van der Waals surface area contributed by atoms with Gasteiger partial charge in [0.15, 0.2) is 5.69 Å². The second-order valence-electron chi connectivity index (χ2n) is 7.54. The van der Waals surface area contributed by atoms with Crippen molar-refractivity contribution in [2.45, 2.75) is 30.8 Å². The number of aromatic nitrogens is 4. The van der Waals surface area contributed by atoms with Gasteiger partial charge in [-0.25, -0.2) is 15.0 Å². The standard InChI is InChI=1S/C20H21F3N6O2S/c1-27(2)18(31)12-8-24-19(26-17(12)20(21,22)23)28-4-5-29-14-7-15(32-3)11(10-30)6-13(14)25-16(29)9-28/h6-8,30H,4-5,9-10H2,1-3H3. The zero-order valence-electron chi connectivity index (χ0n) is 17.6. The van der Waals surface area contributed by atoms with Gasteiger partial charge in [-0.05, 0) is 24.0 Å². The Labute approximate surface area is 186 Å². The number of imidazole rings is 1. The molecule has 3 aromatic rings. The van der Waals surface area contributed by atoms with Crippen molar-refractivity contribution in [2.24, 2.45) is 0 Å². The van der Waals surface area contributed by atoms with Crippen molar-refractivity contribution in [2.75, 3.05) is 31.8 Å². The first-order valence-corrected chi connectivity index (χ1v) is 10.9. The minimum Gasteiger partial charge on any atom is -0.392 e. The summed E-state index contributed by atoms with van der Waals surface area (Å²) >= 11 is 1.53. The van der Waals surface area contributed by atoms with Crippen LogP contribution in [0.5, 0.6) is 0 Å². The van der Waals surface area contributed by atoms with Crippen LogP contribution in [0.25, 0.3) is 11.0 Å². The Morgan fingerprint density at radius 1 is 1.25 bits per heavy atom. The number of halogens is 3. The highest BCUT2D eigenvalue weighted by molar-refractivity contribution is 7.98. The van der Waals surface area contributed by atoms with Crippen LogP contribution in [0.1, 0.15) is 27.4 Å². The highest BCUT2D eigenvalue weighted by Gasteiger charge is 2.39. The number of hydrogen-bond acceptors (Lipinski definition) is 7. The summed E-state index contributed by atoms with van der Waals surface area (Å²) in [4.78, 5) is 28.2. The molecule has 32 heavy (non-hydrogen) atoms. The number of nitrogens with zero attached hydrogens (tertiary/aromatic N) is 6. The summed E-state index contributed by atoms with van der Waals surface area (Å²) in [5, 5.41) is 9.60. The number of amides is 1. The molecule has 0 saturated heterocycles. The molecular weight excluding hydrogens is 445 g/mol. The molecule has 1 aliphatic rings. The predicted molar refractivity (Wildman–Crippen MR) is 114 cm³/mol. The Morgan fingerprint density at radius 3 is 2.62 bits per heavy atom. The monoisotopic (exact) mass is 466 g/mol. The number of carbonyl (C=O) groups excluding carboxylic acids is 1. The van der Waals surface area contributed by atoms with Crippen molar-refractivity contribution in [3.05, 3.63) is 41.0 Å². The van der Waals surface area contributed by atoms with E-state index in [0.29, 0.717) is 24.4 Å². The molecule has 0 fully saturated rings. The fraction of sp³-hybridized carbons (Fsp3) is 0.400. The molecule has 0 bridgehead atoms. The van der Waals surface area contributed by atoms with Gasteiger partial charge in [0.2, 0.25) is 5.95 Å². The van der Waals surface area contributed by atoms with E-state index in [0.717, 1.165) is 27.1 Å². The number of rotatable bonds is 4. The van der Waals surface area contributed by atoms with E-state index < -0.39 is 23.3 Å². The second kappa shape index (κ2) is 8.24. The zero-order chi connectivity index (χ0) is 23.2. The maximum Gasteiger partial charge on any atom is 0.434 e. The zero-order valence-corrected chi connectivity index (χ0v) is 18.5. The largest absolute Gasteiger partial charge is 0.434 e. The third kappa shape index (κ3) is 3.88. The highest BCUT2D eigenvalue weighted by atomic mass is 32.2. The topological polar surface area (TPSA) is 87.4 Å². The highest BCUT2D eigenvalue weighted by Crippen LogP contribution is 2.33.